The van der Waals surface area contributed by atoms with Crippen molar-refractivity contribution in [3.05, 3.63) is 47.9 Å². The van der Waals surface area contributed by atoms with Gasteiger partial charge in [-0.1, -0.05) is 30.0 Å². The molecule has 13 heteroatoms. The number of nitrogens with two attached hydrogens (primary N) is 1. The third-order valence-electron chi connectivity index (χ3n) is 3.40. The smallest absolute Gasteiger partial charge is 0.335 e. The van der Waals surface area contributed by atoms with E-state index in [1.165, 1.54) is 10.9 Å². The molecule has 0 unspecified atom stereocenters. The molecule has 0 aliphatic rings. The maximum absolute atomic E-state index is 12.7. The number of nitrogens with zero attached hydrogens (tertiary/aromatic N) is 6. The number of anilines is 1. The summed E-state index contributed by atoms with van der Waals surface area (Å²) < 4.78 is 39.6. The van der Waals surface area contributed by atoms with Gasteiger partial charge in [0.05, 0.1) is 17.6 Å². The molecule has 1 aromatic carbocycles. The van der Waals surface area contributed by atoms with Gasteiger partial charge in [0.25, 0.3) is 5.82 Å². The first kappa shape index (κ1) is 19.2. The zero-order chi connectivity index (χ0) is 20.3. The van der Waals surface area contributed by atoms with Crippen LogP contribution in [-0.4, -0.2) is 36.3 Å². The lowest BCUT2D eigenvalue weighted by atomic mass is 10.3. The molecule has 0 fully saturated rings. The first-order valence-corrected chi connectivity index (χ1v) is 8.53. The molecule has 1 amide bonds. The molecule has 0 atom stereocenters. The minimum atomic E-state index is -4.76. The number of aromatic nitrogens is 5. The van der Waals surface area contributed by atoms with Gasteiger partial charge < -0.3 is 11.2 Å². The number of nitriles is 1. The van der Waals surface area contributed by atoms with Gasteiger partial charge in [-0.3, -0.25) is 4.79 Å². The molecule has 0 aliphatic carbocycles. The molecule has 2 heterocycles. The molecule has 0 saturated heterocycles. The molecule has 144 valence electrons. The highest BCUT2D eigenvalue weighted by Gasteiger charge is 2.38. The van der Waals surface area contributed by atoms with E-state index >= 15 is 0 Å². The van der Waals surface area contributed by atoms with Crippen LogP contribution in [0.4, 0.5) is 19.0 Å². The van der Waals surface area contributed by atoms with Crippen LogP contribution in [0.2, 0.25) is 0 Å². The summed E-state index contributed by atoms with van der Waals surface area (Å²) in [6.07, 6.45) is -3.46. The van der Waals surface area contributed by atoms with Gasteiger partial charge in [0.1, 0.15) is 11.6 Å². The fourth-order valence-corrected chi connectivity index (χ4v) is 2.84. The molecule has 0 radical (unpaired) electrons. The maximum Gasteiger partial charge on any atom is 0.453 e. The van der Waals surface area contributed by atoms with Gasteiger partial charge in [0.2, 0.25) is 11.1 Å². The summed E-state index contributed by atoms with van der Waals surface area (Å²) in [4.78, 5) is 12.2. The first-order chi connectivity index (χ1) is 13.3. The first-order valence-electron chi connectivity index (χ1n) is 7.55. The van der Waals surface area contributed by atoms with Crippen LogP contribution in [0.25, 0.3) is 5.69 Å². The molecule has 0 spiro atoms. The summed E-state index contributed by atoms with van der Waals surface area (Å²) >= 11 is 0.669. The molecule has 0 saturated carbocycles. The van der Waals surface area contributed by atoms with Gasteiger partial charge in [-0.25, -0.2) is 9.36 Å². The quantitative estimate of drug-likeness (QED) is 0.487. The second kappa shape index (κ2) is 7.61. The molecule has 9 nitrogen and oxygen atoms in total. The van der Waals surface area contributed by atoms with Crippen LogP contribution in [0.1, 0.15) is 11.4 Å². The molecule has 0 aliphatic heterocycles. The number of halogens is 3. The van der Waals surface area contributed by atoms with Crippen molar-refractivity contribution >= 4 is 23.5 Å². The van der Waals surface area contributed by atoms with Crippen molar-refractivity contribution < 1.29 is 18.0 Å². The van der Waals surface area contributed by atoms with Crippen LogP contribution in [0.5, 0.6) is 0 Å². The second-order valence-corrected chi connectivity index (χ2v) is 6.22. The van der Waals surface area contributed by atoms with Gasteiger partial charge in [0, 0.05) is 0 Å². The number of benzene rings is 1. The highest BCUT2D eigenvalue weighted by molar-refractivity contribution is 7.99. The minimum absolute atomic E-state index is 0.128. The summed E-state index contributed by atoms with van der Waals surface area (Å²) in [5, 5.41) is 21.8. The number of carbonyl (C=O) groups excluding carboxylic acids is 1. The number of hydrogen-bond donors (Lipinski definition) is 2. The van der Waals surface area contributed by atoms with Crippen molar-refractivity contribution in [1.29, 1.82) is 5.26 Å². The SMILES string of the molecule is N#Cc1cnn(-c2ccccc2)c1NC(=O)CSc1nnc(C(F)(F)F)n1N. The normalized spacial score (nSPS) is 11.2. The summed E-state index contributed by atoms with van der Waals surface area (Å²) in [7, 11) is 0. The van der Waals surface area contributed by atoms with Crippen molar-refractivity contribution in [3.63, 3.8) is 0 Å². The molecular weight excluding hydrogens is 397 g/mol. The highest BCUT2D eigenvalue weighted by Crippen LogP contribution is 2.29. The summed E-state index contributed by atoms with van der Waals surface area (Å²) in [6, 6.07) is 10.7. The average molecular weight is 408 g/mol. The Labute approximate surface area is 159 Å². The molecular formula is C15H11F3N8OS. The van der Waals surface area contributed by atoms with Crippen LogP contribution < -0.4 is 11.2 Å². The van der Waals surface area contributed by atoms with E-state index in [4.69, 9.17) is 5.84 Å². The fraction of sp³-hybridized carbons (Fsp3) is 0.133. The van der Waals surface area contributed by atoms with Gasteiger partial charge >= 0.3 is 6.18 Å². The standard InChI is InChI=1S/C15H11F3N8OS/c16-15(17,18)13-23-24-14(25(13)20)28-8-11(27)22-12-9(6-19)7-21-26(12)10-4-2-1-3-5-10/h1-5,7H,8,20H2,(H,22,27). The van der Waals surface area contributed by atoms with E-state index in [0.717, 1.165) is 0 Å². The topological polar surface area (TPSA) is 127 Å². The number of para-hydroxylation sites is 1. The number of alkyl halides is 3. The monoisotopic (exact) mass is 408 g/mol. The van der Waals surface area contributed by atoms with Crippen molar-refractivity contribution in [2.45, 2.75) is 11.3 Å². The summed E-state index contributed by atoms with van der Waals surface area (Å²) in [6.45, 7) is 0. The Morgan fingerprint density at radius 1 is 1.29 bits per heavy atom. The zero-order valence-corrected chi connectivity index (χ0v) is 14.7. The molecule has 3 N–H and O–H groups in total. The van der Waals surface area contributed by atoms with E-state index in [2.05, 4.69) is 20.6 Å². The van der Waals surface area contributed by atoms with Gasteiger partial charge in [-0.2, -0.15) is 23.5 Å². The maximum atomic E-state index is 12.7. The predicted octanol–water partition coefficient (Wildman–Crippen LogP) is 1.80. The fourth-order valence-electron chi connectivity index (χ4n) is 2.18. The van der Waals surface area contributed by atoms with E-state index < -0.39 is 17.9 Å². The Bertz CT molecular complexity index is 1040. The van der Waals surface area contributed by atoms with Crippen molar-refractivity contribution in [3.8, 4) is 11.8 Å². The molecule has 0 bridgehead atoms. The van der Waals surface area contributed by atoms with E-state index in [9.17, 15) is 23.2 Å². The number of nitrogens with one attached hydrogen (secondary N) is 1. The van der Waals surface area contributed by atoms with Crippen molar-refractivity contribution in [2.24, 2.45) is 0 Å². The number of amides is 1. The Kier molecular flexibility index (Phi) is 5.23. The van der Waals surface area contributed by atoms with E-state index in [-0.39, 0.29) is 27.0 Å². The van der Waals surface area contributed by atoms with Crippen LogP contribution in [0, 0.1) is 11.3 Å². The number of thioether (sulfide) groups is 1. The van der Waals surface area contributed by atoms with Gasteiger partial charge in [0.15, 0.2) is 5.82 Å². The van der Waals surface area contributed by atoms with Crippen LogP contribution in [0.15, 0.2) is 41.7 Å². The van der Waals surface area contributed by atoms with Crippen molar-refractivity contribution in [1.82, 2.24) is 24.7 Å². The highest BCUT2D eigenvalue weighted by atomic mass is 32.2. The van der Waals surface area contributed by atoms with Crippen molar-refractivity contribution in [2.75, 3.05) is 16.9 Å². The van der Waals surface area contributed by atoms with Gasteiger partial charge in [-0.05, 0) is 12.1 Å². The predicted molar refractivity (Wildman–Crippen MR) is 92.8 cm³/mol. The lowest BCUT2D eigenvalue weighted by molar-refractivity contribution is -0.146. The third kappa shape index (κ3) is 3.91. The third-order valence-corrected chi connectivity index (χ3v) is 4.34. The summed E-state index contributed by atoms with van der Waals surface area (Å²) in [5.41, 5.74) is 0.743. The Morgan fingerprint density at radius 2 is 2.00 bits per heavy atom. The molecule has 3 aromatic rings. The molecule has 3 rings (SSSR count). The Hall–Kier alpha value is -3.53. The average Bonchev–Trinajstić information content (AvgIpc) is 3.23. The van der Waals surface area contributed by atoms with Crippen LogP contribution in [-0.2, 0) is 11.0 Å². The lowest BCUT2D eigenvalue weighted by Crippen LogP contribution is -2.22. The number of rotatable bonds is 5. The molecule has 28 heavy (non-hydrogen) atoms. The zero-order valence-electron chi connectivity index (χ0n) is 13.9. The molecule has 2 aromatic heterocycles. The number of hydrogen-bond acceptors (Lipinski definition) is 7. The van der Waals surface area contributed by atoms with E-state index in [1.807, 2.05) is 6.07 Å². The second-order valence-electron chi connectivity index (χ2n) is 5.28. The summed E-state index contributed by atoms with van der Waals surface area (Å²) in [5.74, 6) is 3.20. The number of carbonyl (C=O) groups is 1. The van der Waals surface area contributed by atoms with Gasteiger partial charge in [-0.15, -0.1) is 10.2 Å². The van der Waals surface area contributed by atoms with E-state index in [1.54, 1.807) is 30.3 Å². The largest absolute Gasteiger partial charge is 0.453 e. The van der Waals surface area contributed by atoms with E-state index in [0.29, 0.717) is 17.4 Å². The minimum Gasteiger partial charge on any atom is -0.335 e. The lowest BCUT2D eigenvalue weighted by Gasteiger charge is -2.09. The number of nitrogen functional groups attached to an aromatic ring is 1. The van der Waals surface area contributed by atoms with Crippen LogP contribution in [0.3, 0.4) is 0 Å². The van der Waals surface area contributed by atoms with Crippen LogP contribution >= 0.6 is 11.8 Å². The Balaban J connectivity index is 1.74. The Morgan fingerprint density at radius 3 is 2.61 bits per heavy atom.